The Balaban J connectivity index is 2.56. The molecule has 0 atom stereocenters. The highest BCUT2D eigenvalue weighted by molar-refractivity contribution is 6.32. The molecule has 0 aliphatic carbocycles. The van der Waals surface area contributed by atoms with E-state index < -0.39 is 0 Å². The fourth-order valence-corrected chi connectivity index (χ4v) is 2.09. The Labute approximate surface area is 116 Å². The Hall–Kier alpha value is -2.12. The van der Waals surface area contributed by atoms with Crippen LogP contribution in [0, 0.1) is 11.3 Å². The molecule has 0 saturated carbocycles. The van der Waals surface area contributed by atoms with Gasteiger partial charge in [0.1, 0.15) is 5.15 Å². The van der Waals surface area contributed by atoms with E-state index in [1.54, 1.807) is 24.3 Å². The van der Waals surface area contributed by atoms with E-state index >= 15 is 0 Å². The van der Waals surface area contributed by atoms with Gasteiger partial charge in [0, 0.05) is 0 Å². The van der Waals surface area contributed by atoms with Gasteiger partial charge in [-0.1, -0.05) is 25.4 Å². The second-order valence-corrected chi connectivity index (χ2v) is 4.79. The summed E-state index contributed by atoms with van der Waals surface area (Å²) in [5.41, 5.74) is 2.37. The quantitative estimate of drug-likeness (QED) is 0.806. The zero-order valence-corrected chi connectivity index (χ0v) is 11.3. The van der Waals surface area contributed by atoms with Gasteiger partial charge in [-0.3, -0.25) is 4.79 Å². The lowest BCUT2D eigenvalue weighted by molar-refractivity contribution is 0.112. The summed E-state index contributed by atoms with van der Waals surface area (Å²) in [4.78, 5) is 11.1. The number of benzene rings is 1. The minimum Gasteiger partial charge on any atom is -0.298 e. The normalized spacial score (nSPS) is 10.5. The van der Waals surface area contributed by atoms with Crippen molar-refractivity contribution in [3.8, 4) is 11.8 Å². The van der Waals surface area contributed by atoms with Crippen molar-refractivity contribution in [2.24, 2.45) is 0 Å². The summed E-state index contributed by atoms with van der Waals surface area (Å²) in [5, 5.41) is 13.4. The first-order valence-corrected chi connectivity index (χ1v) is 6.20. The SMILES string of the molecule is CC(C)c1nn(-c2ccc(C#N)cc2)c(Cl)c1C=O. The number of hydrogen-bond acceptors (Lipinski definition) is 3. The highest BCUT2D eigenvalue weighted by Gasteiger charge is 2.18. The topological polar surface area (TPSA) is 58.7 Å². The second kappa shape index (κ2) is 5.25. The predicted molar refractivity (Wildman–Crippen MR) is 72.8 cm³/mol. The molecule has 0 fully saturated rings. The predicted octanol–water partition coefficient (Wildman–Crippen LogP) is 3.33. The molecule has 2 aromatic rings. The van der Waals surface area contributed by atoms with E-state index in [1.165, 1.54) is 4.68 Å². The standard InChI is InChI=1S/C14H12ClN3O/c1-9(2)13-12(8-19)14(15)18(17-13)11-5-3-10(7-16)4-6-11/h3-6,8-9H,1-2H3. The van der Waals surface area contributed by atoms with Crippen molar-refractivity contribution in [1.29, 1.82) is 5.26 Å². The summed E-state index contributed by atoms with van der Waals surface area (Å²) in [6.07, 6.45) is 0.727. The molecule has 1 aromatic heterocycles. The summed E-state index contributed by atoms with van der Waals surface area (Å²) < 4.78 is 1.52. The molecule has 0 aliphatic rings. The highest BCUT2D eigenvalue weighted by Crippen LogP contribution is 2.26. The Morgan fingerprint density at radius 1 is 1.37 bits per heavy atom. The van der Waals surface area contributed by atoms with E-state index in [2.05, 4.69) is 5.10 Å². The third-order valence-corrected chi connectivity index (χ3v) is 3.16. The van der Waals surface area contributed by atoms with Crippen LogP contribution in [0.3, 0.4) is 0 Å². The molecule has 1 heterocycles. The Morgan fingerprint density at radius 2 is 2.00 bits per heavy atom. The van der Waals surface area contributed by atoms with Gasteiger partial charge in [0.25, 0.3) is 0 Å². The maximum Gasteiger partial charge on any atom is 0.155 e. The first kappa shape index (κ1) is 13.3. The van der Waals surface area contributed by atoms with Crippen molar-refractivity contribution in [2.75, 3.05) is 0 Å². The molecule has 0 spiro atoms. The third kappa shape index (κ3) is 2.38. The zero-order valence-electron chi connectivity index (χ0n) is 10.6. The van der Waals surface area contributed by atoms with Crippen molar-refractivity contribution in [3.63, 3.8) is 0 Å². The van der Waals surface area contributed by atoms with Gasteiger partial charge in [-0.15, -0.1) is 0 Å². The first-order valence-electron chi connectivity index (χ1n) is 5.82. The van der Waals surface area contributed by atoms with Crippen LogP contribution in [0.25, 0.3) is 5.69 Å². The number of hydrogen-bond donors (Lipinski definition) is 0. The smallest absolute Gasteiger partial charge is 0.155 e. The lowest BCUT2D eigenvalue weighted by Gasteiger charge is -2.03. The van der Waals surface area contributed by atoms with Gasteiger partial charge in [0.2, 0.25) is 0 Å². The van der Waals surface area contributed by atoms with Gasteiger partial charge < -0.3 is 0 Å². The van der Waals surface area contributed by atoms with Crippen molar-refractivity contribution < 1.29 is 4.79 Å². The Bertz CT molecular complexity index is 651. The van der Waals surface area contributed by atoms with Crippen LogP contribution in [-0.2, 0) is 0 Å². The van der Waals surface area contributed by atoms with E-state index in [4.69, 9.17) is 16.9 Å². The second-order valence-electron chi connectivity index (χ2n) is 4.43. The molecular formula is C14H12ClN3O. The number of carbonyl (C=O) groups is 1. The summed E-state index contributed by atoms with van der Waals surface area (Å²) in [5.74, 6) is 0.109. The number of aromatic nitrogens is 2. The molecule has 0 amide bonds. The zero-order chi connectivity index (χ0) is 14.0. The molecule has 0 bridgehead atoms. The van der Waals surface area contributed by atoms with E-state index in [0.717, 1.165) is 12.0 Å². The maximum atomic E-state index is 11.1. The summed E-state index contributed by atoms with van der Waals surface area (Å²) in [6.45, 7) is 3.91. The van der Waals surface area contributed by atoms with Crippen LogP contribution >= 0.6 is 11.6 Å². The van der Waals surface area contributed by atoms with E-state index in [0.29, 0.717) is 22.0 Å². The molecule has 5 heteroatoms. The van der Waals surface area contributed by atoms with Crippen LogP contribution in [0.1, 0.15) is 41.4 Å². The number of nitrogens with zero attached hydrogens (tertiary/aromatic N) is 3. The molecule has 4 nitrogen and oxygen atoms in total. The van der Waals surface area contributed by atoms with Gasteiger partial charge in [-0.25, -0.2) is 4.68 Å². The number of aldehydes is 1. The molecule has 1 aromatic carbocycles. The number of carbonyl (C=O) groups excluding carboxylic acids is 1. The van der Waals surface area contributed by atoms with Gasteiger partial charge in [-0.05, 0) is 30.2 Å². The average molecular weight is 274 g/mol. The summed E-state index contributed by atoms with van der Waals surface area (Å²) >= 11 is 6.19. The van der Waals surface area contributed by atoms with Crippen LogP contribution in [0.4, 0.5) is 0 Å². The summed E-state index contributed by atoms with van der Waals surface area (Å²) in [7, 11) is 0. The van der Waals surface area contributed by atoms with Crippen molar-refractivity contribution >= 4 is 17.9 Å². The number of halogens is 1. The van der Waals surface area contributed by atoms with E-state index in [-0.39, 0.29) is 5.92 Å². The van der Waals surface area contributed by atoms with E-state index in [1.807, 2.05) is 19.9 Å². The summed E-state index contributed by atoms with van der Waals surface area (Å²) in [6, 6.07) is 8.91. The van der Waals surface area contributed by atoms with Crippen molar-refractivity contribution in [1.82, 2.24) is 9.78 Å². The molecule has 2 rings (SSSR count). The molecule has 19 heavy (non-hydrogen) atoms. The molecular weight excluding hydrogens is 262 g/mol. The number of rotatable bonds is 3. The van der Waals surface area contributed by atoms with Crippen LogP contribution in [0.2, 0.25) is 5.15 Å². The van der Waals surface area contributed by atoms with Gasteiger partial charge >= 0.3 is 0 Å². The Morgan fingerprint density at radius 3 is 2.42 bits per heavy atom. The third-order valence-electron chi connectivity index (χ3n) is 2.80. The van der Waals surface area contributed by atoms with E-state index in [9.17, 15) is 4.79 Å². The largest absolute Gasteiger partial charge is 0.298 e. The van der Waals surface area contributed by atoms with Crippen LogP contribution in [0.15, 0.2) is 24.3 Å². The van der Waals surface area contributed by atoms with Crippen LogP contribution < -0.4 is 0 Å². The molecule has 0 aliphatic heterocycles. The first-order chi connectivity index (χ1) is 9.08. The van der Waals surface area contributed by atoms with Crippen molar-refractivity contribution in [3.05, 3.63) is 46.2 Å². The lowest BCUT2D eigenvalue weighted by Crippen LogP contribution is -1.98. The van der Waals surface area contributed by atoms with Crippen LogP contribution in [-0.4, -0.2) is 16.1 Å². The fraction of sp³-hybridized carbons (Fsp3) is 0.214. The fourth-order valence-electron chi connectivity index (χ4n) is 1.81. The maximum absolute atomic E-state index is 11.1. The minimum absolute atomic E-state index is 0.109. The lowest BCUT2D eigenvalue weighted by atomic mass is 10.1. The molecule has 0 N–H and O–H groups in total. The monoisotopic (exact) mass is 273 g/mol. The molecule has 96 valence electrons. The highest BCUT2D eigenvalue weighted by atomic mass is 35.5. The number of nitriles is 1. The van der Waals surface area contributed by atoms with Gasteiger partial charge in [0.05, 0.1) is 28.6 Å². The van der Waals surface area contributed by atoms with Gasteiger partial charge in [0.15, 0.2) is 6.29 Å². The van der Waals surface area contributed by atoms with Gasteiger partial charge in [-0.2, -0.15) is 10.4 Å². The van der Waals surface area contributed by atoms with Crippen LogP contribution in [0.5, 0.6) is 0 Å². The molecule has 0 saturated heterocycles. The Kier molecular flexibility index (Phi) is 3.68. The molecule has 0 unspecified atom stereocenters. The van der Waals surface area contributed by atoms with Crippen molar-refractivity contribution in [2.45, 2.75) is 19.8 Å². The minimum atomic E-state index is 0.109. The molecule has 0 radical (unpaired) electrons. The average Bonchev–Trinajstić information content (AvgIpc) is 2.76.